The van der Waals surface area contributed by atoms with Gasteiger partial charge in [0.05, 0.1) is 16.1 Å². The van der Waals surface area contributed by atoms with E-state index >= 15 is 0 Å². The topological polar surface area (TPSA) is 59.0 Å². The second kappa shape index (κ2) is 7.19. The summed E-state index contributed by atoms with van der Waals surface area (Å²) < 4.78 is 22.8. The SMILES string of the molecule is CC(C)(C)OC(=O)N1CCC(=NS(=O)C(C)(C)C)c2ccc(Br)cc21. The van der Waals surface area contributed by atoms with Gasteiger partial charge in [-0.15, -0.1) is 0 Å². The lowest BCUT2D eigenvalue weighted by Crippen LogP contribution is -2.41. The molecule has 0 bridgehead atoms. The molecule has 7 heteroatoms. The summed E-state index contributed by atoms with van der Waals surface area (Å²) in [6, 6.07) is 5.66. The van der Waals surface area contributed by atoms with Crippen LogP contribution in [-0.4, -0.2) is 32.9 Å². The first kappa shape index (κ1) is 20.1. The van der Waals surface area contributed by atoms with Gasteiger partial charge in [0.1, 0.15) is 16.6 Å². The van der Waals surface area contributed by atoms with E-state index in [-0.39, 0.29) is 6.09 Å². The average molecular weight is 429 g/mol. The van der Waals surface area contributed by atoms with Crippen molar-refractivity contribution in [2.45, 2.75) is 58.3 Å². The lowest BCUT2D eigenvalue weighted by atomic mass is 10.00. The normalized spacial score (nSPS) is 18.0. The molecule has 1 unspecified atom stereocenters. The van der Waals surface area contributed by atoms with Crippen molar-refractivity contribution in [1.29, 1.82) is 0 Å². The van der Waals surface area contributed by atoms with E-state index in [0.29, 0.717) is 13.0 Å². The Morgan fingerprint density at radius 3 is 2.44 bits per heavy atom. The molecule has 5 nitrogen and oxygen atoms in total. The Morgan fingerprint density at radius 1 is 1.24 bits per heavy atom. The Labute approximate surface area is 160 Å². The van der Waals surface area contributed by atoms with Crippen LogP contribution in [0.5, 0.6) is 0 Å². The molecule has 0 N–H and O–H groups in total. The van der Waals surface area contributed by atoms with Crippen molar-refractivity contribution in [3.05, 3.63) is 28.2 Å². The second-order valence-corrected chi connectivity index (χ2v) is 10.8. The van der Waals surface area contributed by atoms with Crippen molar-refractivity contribution in [1.82, 2.24) is 0 Å². The summed E-state index contributed by atoms with van der Waals surface area (Å²) in [5.74, 6) is 0. The molecule has 1 atom stereocenters. The number of carbonyl (C=O) groups is 1. The number of hydrogen-bond donors (Lipinski definition) is 0. The number of nitrogens with zero attached hydrogens (tertiary/aromatic N) is 2. The third-order valence-electron chi connectivity index (χ3n) is 3.46. The summed E-state index contributed by atoms with van der Waals surface area (Å²) in [5.41, 5.74) is 1.73. The van der Waals surface area contributed by atoms with Crippen LogP contribution in [0.15, 0.2) is 27.1 Å². The van der Waals surface area contributed by atoms with Gasteiger partial charge >= 0.3 is 6.09 Å². The molecule has 0 aromatic heterocycles. The minimum atomic E-state index is -1.34. The number of ether oxygens (including phenoxy) is 1. The van der Waals surface area contributed by atoms with E-state index < -0.39 is 21.3 Å². The number of halogens is 1. The predicted molar refractivity (Wildman–Crippen MR) is 107 cm³/mol. The average Bonchev–Trinajstić information content (AvgIpc) is 2.44. The minimum absolute atomic E-state index is 0.386. The number of amides is 1. The van der Waals surface area contributed by atoms with Gasteiger partial charge in [0.15, 0.2) is 0 Å². The number of rotatable bonds is 1. The van der Waals surface area contributed by atoms with Crippen molar-refractivity contribution < 1.29 is 13.7 Å². The van der Waals surface area contributed by atoms with Crippen molar-refractivity contribution in [2.75, 3.05) is 11.4 Å². The molecule has 1 aromatic carbocycles. The molecule has 1 aliphatic heterocycles. The number of fused-ring (bicyclic) bond motifs is 1. The zero-order valence-corrected chi connectivity index (χ0v) is 18.0. The van der Waals surface area contributed by atoms with E-state index in [1.54, 1.807) is 4.90 Å². The quantitative estimate of drug-likeness (QED) is 0.642. The van der Waals surface area contributed by atoms with Gasteiger partial charge in [-0.05, 0) is 59.7 Å². The third kappa shape index (κ3) is 5.14. The van der Waals surface area contributed by atoms with Crippen LogP contribution in [0.2, 0.25) is 0 Å². The van der Waals surface area contributed by atoms with E-state index in [0.717, 1.165) is 21.4 Å². The maximum absolute atomic E-state index is 12.6. The summed E-state index contributed by atoms with van der Waals surface area (Å²) in [7, 11) is -1.34. The van der Waals surface area contributed by atoms with Crippen LogP contribution in [0.3, 0.4) is 0 Å². The molecule has 0 spiro atoms. The molecule has 1 amide bonds. The molecule has 25 heavy (non-hydrogen) atoms. The maximum Gasteiger partial charge on any atom is 0.414 e. The molecule has 0 radical (unpaired) electrons. The lowest BCUT2D eigenvalue weighted by molar-refractivity contribution is 0.0580. The molecular weight excluding hydrogens is 404 g/mol. The Bertz CT molecular complexity index is 733. The molecule has 0 saturated heterocycles. The summed E-state index contributed by atoms with van der Waals surface area (Å²) in [6.07, 6.45) is 0.151. The van der Waals surface area contributed by atoms with Crippen molar-refractivity contribution >= 4 is 44.4 Å². The zero-order valence-electron chi connectivity index (χ0n) is 15.6. The molecule has 2 rings (SSSR count). The van der Waals surface area contributed by atoms with Crippen LogP contribution in [0.4, 0.5) is 10.5 Å². The fourth-order valence-electron chi connectivity index (χ4n) is 2.28. The van der Waals surface area contributed by atoms with Crippen LogP contribution in [-0.2, 0) is 15.7 Å². The highest BCUT2D eigenvalue weighted by Gasteiger charge is 2.31. The first-order valence-electron chi connectivity index (χ1n) is 8.18. The molecular formula is C18H25BrN2O3S. The Balaban J connectivity index is 2.43. The monoisotopic (exact) mass is 428 g/mol. The van der Waals surface area contributed by atoms with Crippen molar-refractivity contribution in [3.63, 3.8) is 0 Å². The van der Waals surface area contributed by atoms with E-state index in [9.17, 15) is 9.00 Å². The fraction of sp³-hybridized carbons (Fsp3) is 0.556. The van der Waals surface area contributed by atoms with Crippen molar-refractivity contribution in [2.24, 2.45) is 4.40 Å². The summed E-state index contributed by atoms with van der Waals surface area (Å²) in [6.45, 7) is 11.7. The molecule has 0 aliphatic carbocycles. The number of hydrogen-bond acceptors (Lipinski definition) is 3. The molecule has 1 aliphatic rings. The highest BCUT2D eigenvalue weighted by molar-refractivity contribution is 9.10. The van der Waals surface area contributed by atoms with E-state index in [2.05, 4.69) is 20.3 Å². The molecule has 0 saturated carbocycles. The van der Waals surface area contributed by atoms with Crippen LogP contribution in [0, 0.1) is 0 Å². The highest BCUT2D eigenvalue weighted by atomic mass is 79.9. The lowest BCUT2D eigenvalue weighted by Gasteiger charge is -2.32. The van der Waals surface area contributed by atoms with Gasteiger partial charge in [0, 0.05) is 23.0 Å². The number of carbonyl (C=O) groups excluding carboxylic acids is 1. The molecule has 1 heterocycles. The van der Waals surface area contributed by atoms with Crippen LogP contribution >= 0.6 is 15.9 Å². The van der Waals surface area contributed by atoms with Crippen LogP contribution in [0.25, 0.3) is 0 Å². The summed E-state index contributed by atoms with van der Waals surface area (Å²) >= 11 is 3.45. The van der Waals surface area contributed by atoms with E-state index in [1.807, 2.05) is 59.7 Å². The van der Waals surface area contributed by atoms with Gasteiger partial charge in [-0.3, -0.25) is 4.90 Å². The zero-order chi connectivity index (χ0) is 19.0. The second-order valence-electron chi connectivity index (χ2n) is 7.94. The maximum atomic E-state index is 12.6. The van der Waals surface area contributed by atoms with Gasteiger partial charge in [0.2, 0.25) is 0 Å². The van der Waals surface area contributed by atoms with Crippen molar-refractivity contribution in [3.8, 4) is 0 Å². The van der Waals surface area contributed by atoms with Crippen LogP contribution in [0.1, 0.15) is 53.5 Å². The van der Waals surface area contributed by atoms with E-state index in [4.69, 9.17) is 4.74 Å². The Hall–Kier alpha value is -1.21. The van der Waals surface area contributed by atoms with Gasteiger partial charge in [-0.1, -0.05) is 15.9 Å². The van der Waals surface area contributed by atoms with Gasteiger partial charge in [-0.2, -0.15) is 4.40 Å². The van der Waals surface area contributed by atoms with Gasteiger partial charge in [0.25, 0.3) is 0 Å². The molecule has 1 aromatic rings. The fourth-order valence-corrected chi connectivity index (χ4v) is 3.30. The van der Waals surface area contributed by atoms with Crippen LogP contribution < -0.4 is 4.90 Å². The standard InChI is InChI=1S/C18H25BrN2O3S/c1-17(2,3)24-16(22)21-10-9-14(20-25(23)18(4,5)6)13-8-7-12(19)11-15(13)21/h7-8,11H,9-10H2,1-6H3. The Morgan fingerprint density at radius 2 is 1.88 bits per heavy atom. The predicted octanol–water partition coefficient (Wildman–Crippen LogP) is 4.85. The largest absolute Gasteiger partial charge is 0.443 e. The number of benzene rings is 1. The first-order chi connectivity index (χ1) is 11.4. The van der Waals surface area contributed by atoms with Gasteiger partial charge < -0.3 is 4.74 Å². The molecule has 0 fully saturated rings. The number of anilines is 1. The highest BCUT2D eigenvalue weighted by Crippen LogP contribution is 2.32. The van der Waals surface area contributed by atoms with E-state index in [1.165, 1.54) is 0 Å². The summed E-state index contributed by atoms with van der Waals surface area (Å²) in [4.78, 5) is 14.2. The first-order valence-corrected chi connectivity index (χ1v) is 10.1. The third-order valence-corrected chi connectivity index (χ3v) is 5.39. The molecule has 138 valence electrons. The summed E-state index contributed by atoms with van der Waals surface area (Å²) in [5, 5.41) is 0. The Kier molecular flexibility index (Phi) is 5.78. The minimum Gasteiger partial charge on any atom is -0.443 e. The van der Waals surface area contributed by atoms with Gasteiger partial charge in [-0.25, -0.2) is 9.00 Å². The smallest absolute Gasteiger partial charge is 0.414 e.